The standard InChI is InChI=1S/C18H21N3O4S3/c1-13-12-15(17(22)25-2)16(27-13)19-18(26)20-8-10-21(11-9-20)28(23,24)14-6-4-3-5-7-14/h3-7,12H,8-11H2,1-2H3,(H,19,26). The van der Waals surface area contributed by atoms with Crippen molar-refractivity contribution in [3.05, 3.63) is 46.8 Å². The zero-order valence-electron chi connectivity index (χ0n) is 15.5. The molecule has 1 aromatic heterocycles. The van der Waals surface area contributed by atoms with Crippen molar-refractivity contribution in [2.45, 2.75) is 11.8 Å². The molecule has 1 fully saturated rings. The number of rotatable bonds is 4. The summed E-state index contributed by atoms with van der Waals surface area (Å²) >= 11 is 6.89. The Bertz CT molecular complexity index is 965. The van der Waals surface area contributed by atoms with Gasteiger partial charge in [-0.2, -0.15) is 4.31 Å². The number of thiophene rings is 1. The van der Waals surface area contributed by atoms with E-state index in [0.29, 0.717) is 46.8 Å². The summed E-state index contributed by atoms with van der Waals surface area (Å²) in [5.41, 5.74) is 0.442. The van der Waals surface area contributed by atoms with Crippen LogP contribution in [0.5, 0.6) is 0 Å². The van der Waals surface area contributed by atoms with Gasteiger partial charge in [-0.25, -0.2) is 13.2 Å². The fourth-order valence-electron chi connectivity index (χ4n) is 2.92. The summed E-state index contributed by atoms with van der Waals surface area (Å²) in [4.78, 5) is 15.1. The van der Waals surface area contributed by atoms with Crippen LogP contribution in [0.1, 0.15) is 15.2 Å². The molecular weight excluding hydrogens is 418 g/mol. The second kappa shape index (κ2) is 8.56. The Labute approximate surface area is 174 Å². The molecule has 1 aromatic carbocycles. The number of thiocarbonyl (C=S) groups is 1. The molecule has 0 bridgehead atoms. The number of anilines is 1. The molecule has 0 unspecified atom stereocenters. The van der Waals surface area contributed by atoms with Crippen molar-refractivity contribution in [2.75, 3.05) is 38.6 Å². The molecule has 0 aliphatic carbocycles. The van der Waals surface area contributed by atoms with Crippen molar-refractivity contribution >= 4 is 49.7 Å². The van der Waals surface area contributed by atoms with E-state index in [1.807, 2.05) is 11.8 Å². The fourth-order valence-corrected chi connectivity index (χ4v) is 5.61. The molecule has 0 saturated carbocycles. The first-order valence-electron chi connectivity index (χ1n) is 8.63. The van der Waals surface area contributed by atoms with Crippen molar-refractivity contribution in [1.82, 2.24) is 9.21 Å². The fraction of sp³-hybridized carbons (Fsp3) is 0.333. The third kappa shape index (κ3) is 4.35. The number of sulfonamides is 1. The lowest BCUT2D eigenvalue weighted by Crippen LogP contribution is -2.51. The minimum absolute atomic E-state index is 0.293. The Balaban J connectivity index is 1.64. The molecule has 3 rings (SSSR count). The van der Waals surface area contributed by atoms with Crippen LogP contribution in [0, 0.1) is 6.92 Å². The molecule has 10 heteroatoms. The number of methoxy groups -OCH3 is 1. The zero-order valence-corrected chi connectivity index (χ0v) is 18.0. The monoisotopic (exact) mass is 439 g/mol. The van der Waals surface area contributed by atoms with Gasteiger partial charge in [-0.05, 0) is 37.3 Å². The SMILES string of the molecule is COC(=O)c1cc(C)sc1NC(=S)N1CCN(S(=O)(=O)c2ccccc2)CC1. The van der Waals surface area contributed by atoms with Gasteiger partial charge in [0, 0.05) is 31.1 Å². The van der Waals surface area contributed by atoms with E-state index < -0.39 is 16.0 Å². The highest BCUT2D eigenvalue weighted by molar-refractivity contribution is 7.89. The number of hydrogen-bond acceptors (Lipinski definition) is 6. The van der Waals surface area contributed by atoms with Crippen molar-refractivity contribution in [1.29, 1.82) is 0 Å². The molecule has 0 amide bonds. The van der Waals surface area contributed by atoms with Gasteiger partial charge in [0.05, 0.1) is 17.6 Å². The maximum Gasteiger partial charge on any atom is 0.340 e. The Morgan fingerprint density at radius 1 is 1.18 bits per heavy atom. The summed E-state index contributed by atoms with van der Waals surface area (Å²) in [7, 11) is -2.17. The summed E-state index contributed by atoms with van der Waals surface area (Å²) in [6, 6.07) is 10.2. The third-order valence-corrected chi connectivity index (χ3v) is 7.63. The number of benzene rings is 1. The van der Waals surface area contributed by atoms with E-state index in [0.717, 1.165) is 4.88 Å². The van der Waals surface area contributed by atoms with E-state index >= 15 is 0 Å². The van der Waals surface area contributed by atoms with Crippen LogP contribution in [0.25, 0.3) is 0 Å². The number of nitrogens with one attached hydrogen (secondary N) is 1. The van der Waals surface area contributed by atoms with Gasteiger partial charge in [-0.15, -0.1) is 11.3 Å². The number of aryl methyl sites for hydroxylation is 1. The normalized spacial score (nSPS) is 15.3. The summed E-state index contributed by atoms with van der Waals surface area (Å²) in [5, 5.41) is 4.20. The Kier molecular flexibility index (Phi) is 6.33. The predicted molar refractivity (Wildman–Crippen MR) is 113 cm³/mol. The summed E-state index contributed by atoms with van der Waals surface area (Å²) in [6.45, 7) is 3.52. The molecule has 0 atom stereocenters. The first kappa shape index (κ1) is 20.7. The smallest absolute Gasteiger partial charge is 0.340 e. The van der Waals surface area contributed by atoms with E-state index in [1.54, 1.807) is 36.4 Å². The van der Waals surface area contributed by atoms with Crippen molar-refractivity contribution in [3.8, 4) is 0 Å². The van der Waals surface area contributed by atoms with Crippen LogP contribution in [0.15, 0.2) is 41.3 Å². The Morgan fingerprint density at radius 2 is 1.82 bits per heavy atom. The number of hydrogen-bond donors (Lipinski definition) is 1. The van der Waals surface area contributed by atoms with E-state index in [-0.39, 0.29) is 0 Å². The second-order valence-corrected chi connectivity index (χ2v) is 9.81. The van der Waals surface area contributed by atoms with E-state index in [4.69, 9.17) is 17.0 Å². The van der Waals surface area contributed by atoms with Crippen LogP contribution < -0.4 is 5.32 Å². The predicted octanol–water partition coefficient (Wildman–Crippen LogP) is 2.55. The number of ether oxygens (including phenoxy) is 1. The molecule has 1 aliphatic heterocycles. The van der Waals surface area contributed by atoms with Crippen LogP contribution in [0.2, 0.25) is 0 Å². The third-order valence-electron chi connectivity index (χ3n) is 4.39. The van der Waals surface area contributed by atoms with E-state index in [9.17, 15) is 13.2 Å². The minimum Gasteiger partial charge on any atom is -0.465 e. The molecule has 0 radical (unpaired) electrons. The van der Waals surface area contributed by atoms with Crippen LogP contribution >= 0.6 is 23.6 Å². The second-order valence-electron chi connectivity index (χ2n) is 6.23. The van der Waals surface area contributed by atoms with Crippen molar-refractivity contribution < 1.29 is 17.9 Å². The molecule has 2 heterocycles. The average molecular weight is 440 g/mol. The van der Waals surface area contributed by atoms with Gasteiger partial charge in [0.1, 0.15) is 5.00 Å². The number of nitrogens with zero attached hydrogens (tertiary/aromatic N) is 2. The highest BCUT2D eigenvalue weighted by atomic mass is 32.2. The van der Waals surface area contributed by atoms with Gasteiger partial charge in [-0.1, -0.05) is 18.2 Å². The van der Waals surface area contributed by atoms with Gasteiger partial charge in [0.2, 0.25) is 10.0 Å². The van der Waals surface area contributed by atoms with Crippen LogP contribution in [0.3, 0.4) is 0 Å². The molecule has 1 saturated heterocycles. The first-order chi connectivity index (χ1) is 13.3. The molecule has 150 valence electrons. The summed E-state index contributed by atoms with van der Waals surface area (Å²) < 4.78 is 31.7. The molecule has 28 heavy (non-hydrogen) atoms. The maximum absolute atomic E-state index is 12.7. The van der Waals surface area contributed by atoms with Crippen molar-refractivity contribution in [2.24, 2.45) is 0 Å². The van der Waals surface area contributed by atoms with Gasteiger partial charge in [0.25, 0.3) is 0 Å². The Hall–Kier alpha value is -2.01. The number of carbonyl (C=O) groups is 1. The molecule has 0 spiro atoms. The van der Waals surface area contributed by atoms with Crippen LogP contribution in [-0.2, 0) is 14.8 Å². The molecule has 1 N–H and O–H groups in total. The Morgan fingerprint density at radius 3 is 2.43 bits per heavy atom. The number of esters is 1. The van der Waals surface area contributed by atoms with Crippen molar-refractivity contribution in [3.63, 3.8) is 0 Å². The minimum atomic E-state index is -3.50. The number of piperazine rings is 1. The van der Waals surface area contributed by atoms with Gasteiger partial charge in [-0.3, -0.25) is 0 Å². The summed E-state index contributed by atoms with van der Waals surface area (Å²) in [5.74, 6) is -0.423. The topological polar surface area (TPSA) is 79.0 Å². The lowest BCUT2D eigenvalue weighted by molar-refractivity contribution is 0.0602. The maximum atomic E-state index is 12.7. The molecular formula is C18H21N3O4S3. The molecule has 1 aliphatic rings. The quantitative estimate of drug-likeness (QED) is 0.579. The number of carbonyl (C=O) groups excluding carboxylic acids is 1. The highest BCUT2D eigenvalue weighted by Crippen LogP contribution is 2.28. The van der Waals surface area contributed by atoms with Crippen LogP contribution in [-0.4, -0.2) is 62.0 Å². The van der Waals surface area contributed by atoms with E-state index in [1.165, 1.54) is 22.8 Å². The lowest BCUT2D eigenvalue weighted by atomic mass is 10.3. The molecule has 7 nitrogen and oxygen atoms in total. The largest absolute Gasteiger partial charge is 0.465 e. The van der Waals surface area contributed by atoms with E-state index in [2.05, 4.69) is 5.32 Å². The highest BCUT2D eigenvalue weighted by Gasteiger charge is 2.29. The summed E-state index contributed by atoms with van der Waals surface area (Å²) in [6.07, 6.45) is 0. The van der Waals surface area contributed by atoms with Crippen LogP contribution in [0.4, 0.5) is 5.00 Å². The first-order valence-corrected chi connectivity index (χ1v) is 11.3. The van der Waals surface area contributed by atoms with Gasteiger partial charge in [0.15, 0.2) is 5.11 Å². The lowest BCUT2D eigenvalue weighted by Gasteiger charge is -2.35. The molecule has 2 aromatic rings. The zero-order chi connectivity index (χ0) is 20.3. The van der Waals surface area contributed by atoms with Gasteiger partial charge < -0.3 is 15.0 Å². The average Bonchev–Trinajstić information content (AvgIpc) is 3.08. The van der Waals surface area contributed by atoms with Gasteiger partial charge >= 0.3 is 5.97 Å².